The van der Waals surface area contributed by atoms with E-state index in [2.05, 4.69) is 36.6 Å². The smallest absolute Gasteiger partial charge is 0.210 e. The van der Waals surface area contributed by atoms with Crippen molar-refractivity contribution in [2.24, 2.45) is 0 Å². The van der Waals surface area contributed by atoms with Crippen molar-refractivity contribution in [2.75, 3.05) is 6.54 Å². The minimum absolute atomic E-state index is 0.108. The second-order valence-electron chi connectivity index (χ2n) is 3.34. The fourth-order valence-electron chi connectivity index (χ4n) is 1.15. The fraction of sp³-hybridized carbons (Fsp3) is 0.300. The van der Waals surface area contributed by atoms with Crippen molar-refractivity contribution in [1.29, 1.82) is 5.26 Å². The van der Waals surface area contributed by atoms with E-state index < -0.39 is 10.0 Å². The van der Waals surface area contributed by atoms with Crippen LogP contribution in [0.1, 0.15) is 12.0 Å². The Morgan fingerprint density at radius 1 is 1.35 bits per heavy atom. The Morgan fingerprint density at radius 3 is 2.59 bits per heavy atom. The highest BCUT2D eigenvalue weighted by molar-refractivity contribution is 9.11. The Kier molecular flexibility index (Phi) is 5.13. The first kappa shape index (κ1) is 14.6. The molecule has 0 aromatic heterocycles. The van der Waals surface area contributed by atoms with Gasteiger partial charge < -0.3 is 0 Å². The molecule has 1 aromatic rings. The van der Waals surface area contributed by atoms with Crippen molar-refractivity contribution in [3.05, 3.63) is 26.6 Å². The normalized spacial score (nSPS) is 11.2. The average molecular weight is 382 g/mol. The number of aryl methyl sites for hydroxylation is 1. The van der Waals surface area contributed by atoms with Crippen LogP contribution in [-0.2, 0) is 10.0 Å². The number of nitriles is 1. The lowest BCUT2D eigenvalue weighted by atomic mass is 10.2. The second-order valence-corrected chi connectivity index (χ2v) is 6.78. The number of benzene rings is 1. The van der Waals surface area contributed by atoms with Crippen LogP contribution in [0.2, 0.25) is 0 Å². The zero-order valence-corrected chi connectivity index (χ0v) is 13.0. The molecule has 1 rings (SSSR count). The molecule has 92 valence electrons. The van der Waals surface area contributed by atoms with Gasteiger partial charge in [-0.25, -0.2) is 13.1 Å². The van der Waals surface area contributed by atoms with Gasteiger partial charge in [-0.15, -0.1) is 0 Å². The van der Waals surface area contributed by atoms with Crippen LogP contribution in [0.15, 0.2) is 26.0 Å². The fourth-order valence-corrected chi connectivity index (χ4v) is 3.86. The molecule has 0 radical (unpaired) electrons. The van der Waals surface area contributed by atoms with Crippen LogP contribution in [0.5, 0.6) is 0 Å². The molecule has 0 aliphatic heterocycles. The first-order valence-electron chi connectivity index (χ1n) is 4.70. The van der Waals surface area contributed by atoms with Crippen LogP contribution < -0.4 is 4.72 Å². The van der Waals surface area contributed by atoms with E-state index in [9.17, 15) is 8.42 Å². The monoisotopic (exact) mass is 380 g/mol. The third-order valence-electron chi connectivity index (χ3n) is 2.03. The molecule has 0 aliphatic carbocycles. The summed E-state index contributed by atoms with van der Waals surface area (Å²) in [5.74, 6) is 0. The van der Waals surface area contributed by atoms with Gasteiger partial charge in [-0.05, 0) is 40.5 Å². The summed E-state index contributed by atoms with van der Waals surface area (Å²) < 4.78 is 27.4. The highest BCUT2D eigenvalue weighted by Gasteiger charge is 2.18. The molecular formula is C10H10Br2N2O2S. The van der Waals surface area contributed by atoms with Gasteiger partial charge in [0.25, 0.3) is 0 Å². The predicted octanol–water partition coefficient (Wildman–Crippen LogP) is 2.71. The molecule has 1 aromatic carbocycles. The molecule has 1 N–H and O–H groups in total. The van der Waals surface area contributed by atoms with E-state index in [1.54, 1.807) is 6.07 Å². The maximum atomic E-state index is 11.9. The lowest BCUT2D eigenvalue weighted by Crippen LogP contribution is -2.25. The van der Waals surface area contributed by atoms with E-state index in [0.29, 0.717) is 4.47 Å². The van der Waals surface area contributed by atoms with Crippen molar-refractivity contribution < 1.29 is 8.42 Å². The third kappa shape index (κ3) is 3.78. The molecule has 7 heteroatoms. The summed E-state index contributed by atoms with van der Waals surface area (Å²) in [5, 5.41) is 8.37. The summed E-state index contributed by atoms with van der Waals surface area (Å²) in [4.78, 5) is 0.160. The van der Waals surface area contributed by atoms with Gasteiger partial charge in [0.05, 0.1) is 11.0 Å². The van der Waals surface area contributed by atoms with Crippen molar-refractivity contribution >= 4 is 41.9 Å². The van der Waals surface area contributed by atoms with E-state index >= 15 is 0 Å². The van der Waals surface area contributed by atoms with Crippen LogP contribution >= 0.6 is 31.9 Å². The average Bonchev–Trinajstić information content (AvgIpc) is 2.23. The minimum Gasteiger partial charge on any atom is -0.210 e. The molecule has 0 bridgehead atoms. The SMILES string of the molecule is Cc1cc(Br)c(S(=O)(=O)NCCC#N)cc1Br. The first-order valence-corrected chi connectivity index (χ1v) is 7.77. The van der Waals surface area contributed by atoms with Crippen LogP contribution in [0.3, 0.4) is 0 Å². The standard InChI is InChI=1S/C10H10Br2N2O2S/c1-7-5-9(12)10(6-8(7)11)17(15,16)14-4-2-3-13/h5-6,14H,2,4H2,1H3. The van der Waals surface area contributed by atoms with Gasteiger partial charge in [-0.1, -0.05) is 15.9 Å². The summed E-state index contributed by atoms with van der Waals surface area (Å²) in [5.41, 5.74) is 0.938. The van der Waals surface area contributed by atoms with Crippen LogP contribution in [0.25, 0.3) is 0 Å². The molecule has 0 saturated heterocycles. The van der Waals surface area contributed by atoms with Crippen molar-refractivity contribution in [1.82, 2.24) is 4.72 Å². The maximum Gasteiger partial charge on any atom is 0.241 e. The zero-order chi connectivity index (χ0) is 13.1. The maximum absolute atomic E-state index is 11.9. The molecule has 17 heavy (non-hydrogen) atoms. The van der Waals surface area contributed by atoms with E-state index in [-0.39, 0.29) is 17.9 Å². The molecule has 0 spiro atoms. The van der Waals surface area contributed by atoms with Gasteiger partial charge in [-0.2, -0.15) is 5.26 Å². The molecule has 0 unspecified atom stereocenters. The van der Waals surface area contributed by atoms with Crippen LogP contribution in [0, 0.1) is 18.3 Å². The van der Waals surface area contributed by atoms with Crippen LogP contribution in [0.4, 0.5) is 0 Å². The Morgan fingerprint density at radius 2 is 2.00 bits per heavy atom. The number of nitrogens with one attached hydrogen (secondary N) is 1. The van der Waals surface area contributed by atoms with Crippen LogP contribution in [-0.4, -0.2) is 15.0 Å². The second kappa shape index (κ2) is 5.96. The molecule has 0 atom stereocenters. The molecule has 0 saturated carbocycles. The highest BCUT2D eigenvalue weighted by Crippen LogP contribution is 2.28. The first-order chi connectivity index (χ1) is 7.88. The molecule has 0 aliphatic rings. The summed E-state index contributed by atoms with van der Waals surface area (Å²) in [6, 6.07) is 5.14. The summed E-state index contributed by atoms with van der Waals surface area (Å²) in [6.45, 7) is 1.98. The quantitative estimate of drug-likeness (QED) is 0.815. The topological polar surface area (TPSA) is 70.0 Å². The van der Waals surface area contributed by atoms with Gasteiger partial charge >= 0.3 is 0 Å². The lowest BCUT2D eigenvalue weighted by molar-refractivity contribution is 0.582. The van der Waals surface area contributed by atoms with E-state index in [4.69, 9.17) is 5.26 Å². The van der Waals surface area contributed by atoms with E-state index in [0.717, 1.165) is 10.0 Å². The number of nitrogens with zero attached hydrogens (tertiary/aromatic N) is 1. The van der Waals surface area contributed by atoms with Crippen molar-refractivity contribution in [2.45, 2.75) is 18.2 Å². The Labute approximate surface area is 117 Å². The van der Waals surface area contributed by atoms with Gasteiger partial charge in [0.2, 0.25) is 10.0 Å². The summed E-state index contributed by atoms with van der Waals surface area (Å²) in [6.07, 6.45) is 0.143. The number of rotatable bonds is 4. The minimum atomic E-state index is -3.58. The Bertz CT molecular complexity index is 564. The zero-order valence-electron chi connectivity index (χ0n) is 9.00. The van der Waals surface area contributed by atoms with Gasteiger partial charge in [-0.3, -0.25) is 0 Å². The van der Waals surface area contributed by atoms with Gasteiger partial charge in [0, 0.05) is 21.9 Å². The number of hydrogen-bond donors (Lipinski definition) is 1. The molecule has 0 heterocycles. The Balaban J connectivity index is 3.08. The Hall–Kier alpha value is -0.420. The molecule has 4 nitrogen and oxygen atoms in total. The third-order valence-corrected chi connectivity index (χ3v) is 5.31. The summed E-state index contributed by atoms with van der Waals surface area (Å²) >= 11 is 6.51. The largest absolute Gasteiger partial charge is 0.241 e. The van der Waals surface area contributed by atoms with Crippen molar-refractivity contribution in [3.8, 4) is 6.07 Å². The summed E-state index contributed by atoms with van der Waals surface area (Å²) in [7, 11) is -3.58. The van der Waals surface area contributed by atoms with Gasteiger partial charge in [0.15, 0.2) is 0 Å². The van der Waals surface area contributed by atoms with E-state index in [1.165, 1.54) is 6.07 Å². The predicted molar refractivity (Wildman–Crippen MR) is 72.0 cm³/mol. The lowest BCUT2D eigenvalue weighted by Gasteiger charge is -2.09. The number of hydrogen-bond acceptors (Lipinski definition) is 3. The van der Waals surface area contributed by atoms with Gasteiger partial charge in [0.1, 0.15) is 0 Å². The van der Waals surface area contributed by atoms with E-state index in [1.807, 2.05) is 13.0 Å². The number of sulfonamides is 1. The molecular weight excluding hydrogens is 372 g/mol. The molecule has 0 amide bonds. The number of halogens is 2. The van der Waals surface area contributed by atoms with Crippen molar-refractivity contribution in [3.63, 3.8) is 0 Å². The molecule has 0 fully saturated rings. The highest BCUT2D eigenvalue weighted by atomic mass is 79.9.